The molecule has 0 aromatic carbocycles. The van der Waals surface area contributed by atoms with E-state index >= 15 is 0 Å². The van der Waals surface area contributed by atoms with Crippen LogP contribution in [0.25, 0.3) is 11.6 Å². The van der Waals surface area contributed by atoms with Crippen LogP contribution in [-0.2, 0) is 4.74 Å². The van der Waals surface area contributed by atoms with Gasteiger partial charge in [-0.2, -0.15) is 4.98 Å². The number of ether oxygens (including phenoxy) is 1. The van der Waals surface area contributed by atoms with Crippen molar-refractivity contribution in [3.8, 4) is 11.6 Å². The van der Waals surface area contributed by atoms with Crippen LogP contribution in [-0.4, -0.2) is 29.9 Å². The summed E-state index contributed by atoms with van der Waals surface area (Å²) in [6, 6.07) is 1.84. The van der Waals surface area contributed by atoms with Gasteiger partial charge in [0.2, 0.25) is 11.7 Å². The summed E-state index contributed by atoms with van der Waals surface area (Å²) in [6.07, 6.45) is 1.61. The van der Waals surface area contributed by atoms with Crippen molar-refractivity contribution in [3.63, 3.8) is 0 Å². The molecule has 0 radical (unpaired) electrons. The molecule has 1 aliphatic rings. The van der Waals surface area contributed by atoms with Gasteiger partial charge < -0.3 is 19.0 Å². The average Bonchev–Trinajstić information content (AvgIpc) is 2.98. The van der Waals surface area contributed by atoms with Gasteiger partial charge in [-0.1, -0.05) is 5.16 Å². The molecule has 6 nitrogen and oxygen atoms in total. The summed E-state index contributed by atoms with van der Waals surface area (Å²) in [6.45, 7) is 4.01. The highest BCUT2D eigenvalue weighted by molar-refractivity contribution is 5.51. The van der Waals surface area contributed by atoms with Crippen LogP contribution in [0.15, 0.2) is 21.3 Å². The van der Waals surface area contributed by atoms with E-state index < -0.39 is 0 Å². The summed E-state index contributed by atoms with van der Waals surface area (Å²) < 4.78 is 15.9. The highest BCUT2D eigenvalue weighted by Crippen LogP contribution is 2.23. The fraction of sp³-hybridized carbons (Fsp3) is 0.455. The Balaban J connectivity index is 1.85. The van der Waals surface area contributed by atoms with E-state index in [-0.39, 0.29) is 6.04 Å². The zero-order chi connectivity index (χ0) is 11.7. The Bertz CT molecular complexity index is 500. The summed E-state index contributed by atoms with van der Waals surface area (Å²) in [5.74, 6) is 1.67. The first-order valence-electron chi connectivity index (χ1n) is 5.54. The summed E-state index contributed by atoms with van der Waals surface area (Å²) in [5, 5.41) is 7.18. The van der Waals surface area contributed by atoms with Gasteiger partial charge in [-0.25, -0.2) is 0 Å². The molecule has 1 atom stereocenters. The molecule has 0 amide bonds. The first kappa shape index (κ1) is 10.5. The van der Waals surface area contributed by atoms with E-state index in [0.717, 1.165) is 18.7 Å². The Morgan fingerprint density at radius 2 is 2.41 bits per heavy atom. The molecule has 1 fully saturated rings. The lowest BCUT2D eigenvalue weighted by molar-refractivity contribution is 0.0659. The van der Waals surface area contributed by atoms with Gasteiger partial charge in [-0.05, 0) is 18.6 Å². The molecule has 0 bridgehead atoms. The molecule has 6 heteroatoms. The molecule has 3 rings (SSSR count). The van der Waals surface area contributed by atoms with Crippen molar-refractivity contribution in [1.82, 2.24) is 15.5 Å². The molecule has 17 heavy (non-hydrogen) atoms. The predicted molar refractivity (Wildman–Crippen MR) is 58.3 cm³/mol. The minimum atomic E-state index is -0.0275. The van der Waals surface area contributed by atoms with Gasteiger partial charge in [0.1, 0.15) is 6.04 Å². The molecule has 0 saturated carbocycles. The SMILES string of the molecule is Cc1ccoc1-c1noc(C2COCCN2)n1. The van der Waals surface area contributed by atoms with Crippen molar-refractivity contribution in [2.24, 2.45) is 0 Å². The average molecular weight is 235 g/mol. The number of morpholine rings is 1. The van der Waals surface area contributed by atoms with Gasteiger partial charge in [0.15, 0.2) is 5.76 Å². The molecule has 0 aliphatic carbocycles. The second-order valence-corrected chi connectivity index (χ2v) is 3.97. The van der Waals surface area contributed by atoms with Crippen molar-refractivity contribution >= 4 is 0 Å². The van der Waals surface area contributed by atoms with Crippen molar-refractivity contribution in [2.75, 3.05) is 19.8 Å². The monoisotopic (exact) mass is 235 g/mol. The van der Waals surface area contributed by atoms with E-state index in [1.54, 1.807) is 6.26 Å². The van der Waals surface area contributed by atoms with E-state index in [1.165, 1.54) is 0 Å². The lowest BCUT2D eigenvalue weighted by Gasteiger charge is -2.20. The molecule has 3 heterocycles. The molecular weight excluding hydrogens is 222 g/mol. The maximum atomic E-state index is 5.35. The van der Waals surface area contributed by atoms with Crippen molar-refractivity contribution in [3.05, 3.63) is 23.8 Å². The molecule has 0 spiro atoms. The van der Waals surface area contributed by atoms with Gasteiger partial charge in [0, 0.05) is 6.54 Å². The number of nitrogens with one attached hydrogen (secondary N) is 1. The van der Waals surface area contributed by atoms with E-state index in [4.69, 9.17) is 13.7 Å². The van der Waals surface area contributed by atoms with Crippen molar-refractivity contribution in [1.29, 1.82) is 0 Å². The number of rotatable bonds is 2. The Labute approximate surface area is 98.0 Å². The number of aromatic nitrogens is 2. The van der Waals surface area contributed by atoms with Crippen molar-refractivity contribution < 1.29 is 13.7 Å². The van der Waals surface area contributed by atoms with Crippen LogP contribution in [0.2, 0.25) is 0 Å². The lowest BCUT2D eigenvalue weighted by Crippen LogP contribution is -2.34. The molecule has 90 valence electrons. The first-order chi connectivity index (χ1) is 8.34. The Morgan fingerprint density at radius 1 is 1.47 bits per heavy atom. The smallest absolute Gasteiger partial charge is 0.246 e. The number of hydrogen-bond donors (Lipinski definition) is 1. The summed E-state index contributed by atoms with van der Waals surface area (Å²) in [7, 11) is 0. The fourth-order valence-corrected chi connectivity index (χ4v) is 1.79. The van der Waals surface area contributed by atoms with Crippen LogP contribution in [0, 0.1) is 6.92 Å². The maximum Gasteiger partial charge on any atom is 0.246 e. The summed E-state index contributed by atoms with van der Waals surface area (Å²) in [5.41, 5.74) is 0.991. The van der Waals surface area contributed by atoms with Gasteiger partial charge in [-0.15, -0.1) is 0 Å². The number of hydrogen-bond acceptors (Lipinski definition) is 6. The minimum absolute atomic E-state index is 0.0275. The normalized spacial score (nSPS) is 20.6. The minimum Gasteiger partial charge on any atom is -0.461 e. The second kappa shape index (κ2) is 4.31. The van der Waals surface area contributed by atoms with E-state index in [2.05, 4.69) is 15.5 Å². The van der Waals surface area contributed by atoms with Crippen LogP contribution in [0.1, 0.15) is 17.5 Å². The number of aryl methyl sites for hydroxylation is 1. The Kier molecular flexibility index (Phi) is 2.66. The third-order valence-electron chi connectivity index (χ3n) is 2.73. The molecule has 1 aliphatic heterocycles. The van der Waals surface area contributed by atoms with Gasteiger partial charge in [0.05, 0.1) is 19.5 Å². The zero-order valence-electron chi connectivity index (χ0n) is 9.47. The van der Waals surface area contributed by atoms with Crippen LogP contribution in [0.5, 0.6) is 0 Å². The largest absolute Gasteiger partial charge is 0.461 e. The Morgan fingerprint density at radius 3 is 3.12 bits per heavy atom. The summed E-state index contributed by atoms with van der Waals surface area (Å²) in [4.78, 5) is 4.32. The Hall–Kier alpha value is -1.66. The van der Waals surface area contributed by atoms with Crippen LogP contribution in [0.3, 0.4) is 0 Å². The molecule has 1 N–H and O–H groups in total. The van der Waals surface area contributed by atoms with Crippen LogP contribution < -0.4 is 5.32 Å². The number of furan rings is 1. The van der Waals surface area contributed by atoms with E-state index in [9.17, 15) is 0 Å². The van der Waals surface area contributed by atoms with E-state index in [0.29, 0.717) is 24.1 Å². The third kappa shape index (κ3) is 1.96. The highest BCUT2D eigenvalue weighted by Gasteiger charge is 2.23. The fourth-order valence-electron chi connectivity index (χ4n) is 1.79. The molecule has 1 unspecified atom stereocenters. The lowest BCUT2D eigenvalue weighted by atomic mass is 10.2. The van der Waals surface area contributed by atoms with Gasteiger partial charge in [-0.3, -0.25) is 0 Å². The number of nitrogens with zero attached hydrogens (tertiary/aromatic N) is 2. The topological polar surface area (TPSA) is 73.3 Å². The quantitative estimate of drug-likeness (QED) is 0.845. The highest BCUT2D eigenvalue weighted by atomic mass is 16.5. The molecule has 2 aromatic heterocycles. The zero-order valence-corrected chi connectivity index (χ0v) is 9.47. The molecular formula is C11H13N3O3. The van der Waals surface area contributed by atoms with Crippen molar-refractivity contribution in [2.45, 2.75) is 13.0 Å². The van der Waals surface area contributed by atoms with Crippen LogP contribution >= 0.6 is 0 Å². The third-order valence-corrected chi connectivity index (χ3v) is 2.73. The van der Waals surface area contributed by atoms with Gasteiger partial charge in [0.25, 0.3) is 0 Å². The standard InChI is InChI=1S/C11H13N3O3/c1-7-2-4-16-9(7)10-13-11(17-14-10)8-6-15-5-3-12-8/h2,4,8,12H,3,5-6H2,1H3. The van der Waals surface area contributed by atoms with Gasteiger partial charge >= 0.3 is 0 Å². The first-order valence-corrected chi connectivity index (χ1v) is 5.54. The predicted octanol–water partition coefficient (Wildman–Crippen LogP) is 1.30. The molecule has 2 aromatic rings. The van der Waals surface area contributed by atoms with Crippen LogP contribution in [0.4, 0.5) is 0 Å². The summed E-state index contributed by atoms with van der Waals surface area (Å²) >= 11 is 0. The maximum absolute atomic E-state index is 5.35. The molecule has 1 saturated heterocycles. The second-order valence-electron chi connectivity index (χ2n) is 3.97. The van der Waals surface area contributed by atoms with E-state index in [1.807, 2.05) is 13.0 Å².